The van der Waals surface area contributed by atoms with Crippen molar-refractivity contribution in [1.29, 1.82) is 0 Å². The molecule has 3 nitrogen and oxygen atoms in total. The van der Waals surface area contributed by atoms with Crippen LogP contribution in [-0.4, -0.2) is 17.6 Å². The Hall–Kier alpha value is -1.01. The van der Waals surface area contributed by atoms with E-state index in [2.05, 4.69) is 11.8 Å². The Morgan fingerprint density at radius 3 is 2.45 bits per heavy atom. The molecule has 0 spiro atoms. The van der Waals surface area contributed by atoms with Gasteiger partial charge in [-0.3, -0.25) is 0 Å². The minimum atomic E-state index is -1.09. The summed E-state index contributed by atoms with van der Waals surface area (Å²) in [5, 5.41) is 8.23. The lowest BCUT2D eigenvalue weighted by molar-refractivity contribution is -0.130. The van der Waals surface area contributed by atoms with Gasteiger partial charge in [0.15, 0.2) is 0 Å². The molecule has 0 aromatic rings. The minimum absolute atomic E-state index is 0.00824. The fraction of sp³-hybridized carbons (Fsp3) is 0.625. The Bertz CT molecular complexity index is 188. The van der Waals surface area contributed by atoms with E-state index in [1.54, 1.807) is 0 Å². The van der Waals surface area contributed by atoms with E-state index in [0.717, 1.165) is 0 Å². The monoisotopic (exact) mass is 155 g/mol. The van der Waals surface area contributed by atoms with E-state index in [0.29, 0.717) is 12.5 Å². The molecule has 0 rings (SSSR count). The van der Waals surface area contributed by atoms with E-state index in [4.69, 9.17) is 10.8 Å². The molecule has 0 saturated carbocycles. The van der Waals surface area contributed by atoms with Crippen molar-refractivity contribution in [3.05, 3.63) is 0 Å². The largest absolute Gasteiger partial charge is 0.472 e. The summed E-state index contributed by atoms with van der Waals surface area (Å²) in [5.74, 6) is 3.87. The summed E-state index contributed by atoms with van der Waals surface area (Å²) in [4.78, 5) is 10.0. The standard InChI is InChI=1S/C8H13NO2/c1-6(2)7(5-9)3-4-8(10)11/h6-7H,5,9H2,1-2H3,(H,10,11). The molecule has 0 radical (unpaired) electrons. The van der Waals surface area contributed by atoms with Gasteiger partial charge in [-0.1, -0.05) is 19.8 Å². The molecule has 0 aliphatic carbocycles. The summed E-state index contributed by atoms with van der Waals surface area (Å²) in [6, 6.07) is 0. The van der Waals surface area contributed by atoms with Gasteiger partial charge < -0.3 is 10.8 Å². The van der Waals surface area contributed by atoms with Gasteiger partial charge in [-0.2, -0.15) is 0 Å². The number of carboxylic acids is 1. The van der Waals surface area contributed by atoms with Crippen molar-refractivity contribution < 1.29 is 9.90 Å². The molecule has 3 N–H and O–H groups in total. The summed E-state index contributed by atoms with van der Waals surface area (Å²) >= 11 is 0. The number of carbonyl (C=O) groups is 1. The first-order valence-corrected chi connectivity index (χ1v) is 3.52. The number of hydrogen-bond acceptors (Lipinski definition) is 2. The number of hydrogen-bond donors (Lipinski definition) is 2. The maximum atomic E-state index is 10.0. The third kappa shape index (κ3) is 4.40. The third-order valence-corrected chi connectivity index (χ3v) is 1.42. The van der Waals surface area contributed by atoms with Crippen LogP contribution in [0.25, 0.3) is 0 Å². The van der Waals surface area contributed by atoms with Crippen LogP contribution in [0.4, 0.5) is 0 Å². The van der Waals surface area contributed by atoms with Gasteiger partial charge in [0.25, 0.3) is 0 Å². The van der Waals surface area contributed by atoms with Gasteiger partial charge in [-0.05, 0) is 5.92 Å². The van der Waals surface area contributed by atoms with Crippen LogP contribution in [0.2, 0.25) is 0 Å². The molecule has 0 heterocycles. The van der Waals surface area contributed by atoms with Crippen molar-refractivity contribution in [2.24, 2.45) is 17.6 Å². The van der Waals surface area contributed by atoms with Crippen LogP contribution in [0.1, 0.15) is 13.8 Å². The van der Waals surface area contributed by atoms with E-state index in [9.17, 15) is 4.79 Å². The summed E-state index contributed by atoms with van der Waals surface area (Å²) in [6.07, 6.45) is 0. The van der Waals surface area contributed by atoms with Gasteiger partial charge in [0.2, 0.25) is 0 Å². The van der Waals surface area contributed by atoms with Crippen LogP contribution >= 0.6 is 0 Å². The van der Waals surface area contributed by atoms with Crippen LogP contribution < -0.4 is 5.73 Å². The lowest BCUT2D eigenvalue weighted by Gasteiger charge is -2.10. The molecule has 0 bridgehead atoms. The first kappa shape index (κ1) is 9.99. The van der Waals surface area contributed by atoms with E-state index in [-0.39, 0.29) is 5.92 Å². The number of rotatable bonds is 2. The predicted molar refractivity (Wildman–Crippen MR) is 42.8 cm³/mol. The molecular weight excluding hydrogens is 142 g/mol. The Labute approximate surface area is 66.6 Å². The molecular formula is C8H13NO2. The van der Waals surface area contributed by atoms with Gasteiger partial charge in [0, 0.05) is 18.4 Å². The van der Waals surface area contributed by atoms with Gasteiger partial charge in [0.05, 0.1) is 0 Å². The Kier molecular flexibility index (Phi) is 4.32. The topological polar surface area (TPSA) is 63.3 Å². The van der Waals surface area contributed by atoms with E-state index >= 15 is 0 Å². The fourth-order valence-electron chi connectivity index (χ4n) is 0.652. The highest BCUT2D eigenvalue weighted by Crippen LogP contribution is 2.06. The zero-order valence-corrected chi connectivity index (χ0v) is 6.79. The van der Waals surface area contributed by atoms with Crippen molar-refractivity contribution in [1.82, 2.24) is 0 Å². The molecule has 0 aliphatic heterocycles. The SMILES string of the molecule is CC(C)C(C#CC(=O)O)CN. The highest BCUT2D eigenvalue weighted by atomic mass is 16.4. The molecule has 0 aromatic heterocycles. The number of nitrogens with two attached hydrogens (primary N) is 1. The van der Waals surface area contributed by atoms with E-state index in [1.807, 2.05) is 13.8 Å². The van der Waals surface area contributed by atoms with Crippen molar-refractivity contribution >= 4 is 5.97 Å². The van der Waals surface area contributed by atoms with Crippen molar-refractivity contribution in [3.8, 4) is 11.8 Å². The molecule has 62 valence electrons. The summed E-state index contributed by atoms with van der Waals surface area (Å²) in [6.45, 7) is 4.35. The molecule has 0 saturated heterocycles. The van der Waals surface area contributed by atoms with Gasteiger partial charge in [-0.15, -0.1) is 0 Å². The van der Waals surface area contributed by atoms with Gasteiger partial charge in [-0.25, -0.2) is 4.79 Å². The maximum absolute atomic E-state index is 10.0. The molecule has 1 atom stereocenters. The second-order valence-electron chi connectivity index (χ2n) is 2.66. The van der Waals surface area contributed by atoms with E-state index < -0.39 is 5.97 Å². The first-order chi connectivity index (χ1) is 5.07. The van der Waals surface area contributed by atoms with Crippen LogP contribution in [0, 0.1) is 23.7 Å². The highest BCUT2D eigenvalue weighted by molar-refractivity contribution is 5.86. The molecule has 0 fully saturated rings. The smallest absolute Gasteiger partial charge is 0.381 e. The van der Waals surface area contributed by atoms with Crippen molar-refractivity contribution in [3.63, 3.8) is 0 Å². The van der Waals surface area contributed by atoms with Gasteiger partial charge in [0.1, 0.15) is 0 Å². The quantitative estimate of drug-likeness (QED) is 0.564. The molecule has 0 aliphatic rings. The third-order valence-electron chi connectivity index (χ3n) is 1.42. The van der Waals surface area contributed by atoms with Gasteiger partial charge >= 0.3 is 5.97 Å². The minimum Gasteiger partial charge on any atom is -0.472 e. The zero-order chi connectivity index (χ0) is 8.85. The second kappa shape index (κ2) is 4.75. The average molecular weight is 155 g/mol. The maximum Gasteiger partial charge on any atom is 0.381 e. The van der Waals surface area contributed by atoms with Crippen LogP contribution in [0.5, 0.6) is 0 Å². The lowest BCUT2D eigenvalue weighted by atomic mass is 9.97. The normalized spacial score (nSPS) is 12.0. The Balaban J connectivity index is 4.10. The number of aliphatic carboxylic acids is 1. The molecule has 0 aromatic carbocycles. The summed E-state index contributed by atoms with van der Waals surface area (Å²) in [7, 11) is 0. The van der Waals surface area contributed by atoms with Crippen molar-refractivity contribution in [2.75, 3.05) is 6.54 Å². The molecule has 3 heteroatoms. The summed E-state index contributed by atoms with van der Waals surface area (Å²) in [5.41, 5.74) is 5.36. The second-order valence-corrected chi connectivity index (χ2v) is 2.66. The lowest BCUT2D eigenvalue weighted by Crippen LogP contribution is -2.18. The Morgan fingerprint density at radius 2 is 2.18 bits per heavy atom. The highest BCUT2D eigenvalue weighted by Gasteiger charge is 2.06. The number of carboxylic acid groups (broad SMARTS) is 1. The first-order valence-electron chi connectivity index (χ1n) is 3.52. The van der Waals surface area contributed by atoms with Crippen LogP contribution in [-0.2, 0) is 4.79 Å². The zero-order valence-electron chi connectivity index (χ0n) is 6.79. The van der Waals surface area contributed by atoms with E-state index in [1.165, 1.54) is 0 Å². The molecule has 0 amide bonds. The summed E-state index contributed by atoms with van der Waals surface area (Å²) < 4.78 is 0. The van der Waals surface area contributed by atoms with Crippen LogP contribution in [0.3, 0.4) is 0 Å². The fourth-order valence-corrected chi connectivity index (χ4v) is 0.652. The molecule has 11 heavy (non-hydrogen) atoms. The Morgan fingerprint density at radius 1 is 1.64 bits per heavy atom. The van der Waals surface area contributed by atoms with Crippen LogP contribution in [0.15, 0.2) is 0 Å². The predicted octanol–water partition coefficient (Wildman–Crippen LogP) is 0.305. The molecule has 1 unspecified atom stereocenters. The average Bonchev–Trinajstić information content (AvgIpc) is 1.87. The van der Waals surface area contributed by atoms with Crippen molar-refractivity contribution in [2.45, 2.75) is 13.8 Å².